The van der Waals surface area contributed by atoms with Crippen LogP contribution in [0.5, 0.6) is 0 Å². The van der Waals surface area contributed by atoms with Gasteiger partial charge in [-0.2, -0.15) is 0 Å². The summed E-state index contributed by atoms with van der Waals surface area (Å²) in [5, 5.41) is 3.05. The van der Waals surface area contributed by atoms with E-state index >= 15 is 0 Å². The van der Waals surface area contributed by atoms with Gasteiger partial charge in [-0.3, -0.25) is 4.98 Å². The van der Waals surface area contributed by atoms with Gasteiger partial charge in [0.2, 0.25) is 0 Å². The molecule has 2 aromatic rings. The normalized spacial score (nSPS) is 12.4. The second-order valence-corrected chi connectivity index (χ2v) is 4.24. The summed E-state index contributed by atoms with van der Waals surface area (Å²) < 4.78 is 39.2. The minimum Gasteiger partial charge on any atom is -0.306 e. The van der Waals surface area contributed by atoms with Gasteiger partial charge in [0, 0.05) is 36.6 Å². The Morgan fingerprint density at radius 1 is 1.05 bits per heavy atom. The average Bonchev–Trinajstić information content (AvgIpc) is 2.42. The van der Waals surface area contributed by atoms with Crippen LogP contribution in [0.25, 0.3) is 0 Å². The van der Waals surface area contributed by atoms with Gasteiger partial charge in [0.05, 0.1) is 0 Å². The van der Waals surface area contributed by atoms with Crippen molar-refractivity contribution in [2.45, 2.75) is 19.5 Å². The van der Waals surface area contributed by atoms with Gasteiger partial charge in [-0.15, -0.1) is 0 Å². The van der Waals surface area contributed by atoms with E-state index in [2.05, 4.69) is 10.3 Å². The maximum atomic E-state index is 13.4. The van der Waals surface area contributed by atoms with E-state index in [9.17, 15) is 13.2 Å². The predicted octanol–water partition coefficient (Wildman–Crippen LogP) is 3.35. The Bertz CT molecular complexity index is 558. The quantitative estimate of drug-likeness (QED) is 0.858. The molecule has 19 heavy (non-hydrogen) atoms. The molecule has 1 N–H and O–H groups in total. The first-order valence-corrected chi connectivity index (χ1v) is 5.84. The highest BCUT2D eigenvalue weighted by atomic mass is 19.2. The maximum Gasteiger partial charge on any atom is 0.161 e. The number of nitrogens with zero attached hydrogens (tertiary/aromatic N) is 1. The zero-order valence-electron chi connectivity index (χ0n) is 10.3. The van der Waals surface area contributed by atoms with Gasteiger partial charge in [0.25, 0.3) is 0 Å². The Hall–Kier alpha value is -1.88. The predicted molar refractivity (Wildman–Crippen MR) is 65.8 cm³/mol. The summed E-state index contributed by atoms with van der Waals surface area (Å²) in [6.45, 7) is 2.01. The average molecular weight is 266 g/mol. The van der Waals surface area contributed by atoms with Crippen LogP contribution < -0.4 is 5.32 Å². The summed E-state index contributed by atoms with van der Waals surface area (Å²) in [5.74, 6) is -2.98. The van der Waals surface area contributed by atoms with Crippen molar-refractivity contribution in [3.05, 3.63) is 65.2 Å². The molecule has 1 aromatic carbocycles. The molecule has 2 nitrogen and oxygen atoms in total. The van der Waals surface area contributed by atoms with Crippen LogP contribution in [0.4, 0.5) is 13.2 Å². The summed E-state index contributed by atoms with van der Waals surface area (Å²) in [7, 11) is 0. The largest absolute Gasteiger partial charge is 0.306 e. The molecule has 0 unspecified atom stereocenters. The van der Waals surface area contributed by atoms with Crippen molar-refractivity contribution in [2.24, 2.45) is 0 Å². The highest BCUT2D eigenvalue weighted by Crippen LogP contribution is 2.16. The molecular weight excluding hydrogens is 253 g/mol. The van der Waals surface area contributed by atoms with Crippen molar-refractivity contribution in [1.29, 1.82) is 0 Å². The van der Waals surface area contributed by atoms with Crippen molar-refractivity contribution in [2.75, 3.05) is 0 Å². The van der Waals surface area contributed by atoms with Crippen LogP contribution in [-0.2, 0) is 6.54 Å². The van der Waals surface area contributed by atoms with Gasteiger partial charge in [0.1, 0.15) is 5.82 Å². The lowest BCUT2D eigenvalue weighted by atomic mass is 10.1. The zero-order valence-corrected chi connectivity index (χ0v) is 10.3. The fraction of sp³-hybridized carbons (Fsp3) is 0.214. The number of halogens is 3. The van der Waals surface area contributed by atoms with Crippen LogP contribution >= 0.6 is 0 Å². The van der Waals surface area contributed by atoms with E-state index in [1.54, 1.807) is 12.4 Å². The summed E-state index contributed by atoms with van der Waals surface area (Å²) in [4.78, 5) is 3.90. The molecule has 0 spiro atoms. The molecule has 5 heteroatoms. The number of hydrogen-bond acceptors (Lipinski definition) is 2. The Kier molecular flexibility index (Phi) is 4.16. The molecule has 2 rings (SSSR count). The third kappa shape index (κ3) is 3.32. The molecule has 0 aliphatic carbocycles. The van der Waals surface area contributed by atoms with Gasteiger partial charge in [-0.25, -0.2) is 13.2 Å². The highest BCUT2D eigenvalue weighted by molar-refractivity contribution is 5.21. The van der Waals surface area contributed by atoms with Crippen molar-refractivity contribution in [1.82, 2.24) is 10.3 Å². The second kappa shape index (κ2) is 5.84. The summed E-state index contributed by atoms with van der Waals surface area (Å²) in [6, 6.07) is 5.05. The number of aromatic nitrogens is 1. The Morgan fingerprint density at radius 3 is 2.37 bits per heavy atom. The van der Waals surface area contributed by atoms with Crippen molar-refractivity contribution in [3.63, 3.8) is 0 Å². The molecule has 0 radical (unpaired) electrons. The van der Waals surface area contributed by atoms with Crippen molar-refractivity contribution < 1.29 is 13.2 Å². The number of benzene rings is 1. The lowest BCUT2D eigenvalue weighted by Crippen LogP contribution is -2.19. The van der Waals surface area contributed by atoms with Crippen LogP contribution in [0.15, 0.2) is 36.7 Å². The third-order valence-corrected chi connectivity index (χ3v) is 2.89. The molecule has 0 bridgehead atoms. The fourth-order valence-electron chi connectivity index (χ4n) is 1.73. The van der Waals surface area contributed by atoms with Crippen LogP contribution in [-0.4, -0.2) is 4.98 Å². The summed E-state index contributed by atoms with van der Waals surface area (Å²) in [5.41, 5.74) is 1.08. The van der Waals surface area contributed by atoms with Gasteiger partial charge in [-0.1, -0.05) is 0 Å². The number of nitrogens with one attached hydrogen (secondary N) is 1. The maximum absolute atomic E-state index is 13.4. The molecule has 1 atom stereocenters. The molecule has 0 aliphatic heterocycles. The van der Waals surface area contributed by atoms with Gasteiger partial charge in [-0.05, 0) is 30.7 Å². The summed E-state index contributed by atoms with van der Waals surface area (Å²) >= 11 is 0. The number of hydrogen-bond donors (Lipinski definition) is 1. The number of pyridine rings is 1. The topological polar surface area (TPSA) is 24.9 Å². The van der Waals surface area contributed by atoms with E-state index in [1.807, 2.05) is 19.1 Å². The monoisotopic (exact) mass is 266 g/mol. The third-order valence-electron chi connectivity index (χ3n) is 2.89. The van der Waals surface area contributed by atoms with Gasteiger partial charge < -0.3 is 5.32 Å². The summed E-state index contributed by atoms with van der Waals surface area (Å²) in [6.07, 6.45) is 3.32. The lowest BCUT2D eigenvalue weighted by molar-refractivity contribution is 0.482. The minimum atomic E-state index is -1.18. The molecule has 0 saturated heterocycles. The van der Waals surface area contributed by atoms with Crippen LogP contribution in [0.1, 0.15) is 24.1 Å². The molecule has 0 saturated carbocycles. The fourth-order valence-corrected chi connectivity index (χ4v) is 1.73. The van der Waals surface area contributed by atoms with E-state index in [0.29, 0.717) is 6.07 Å². The standard InChI is InChI=1S/C14H13F3N2/c1-9(10-2-4-18-5-3-10)19-8-11-6-13(16)14(17)7-12(11)15/h2-7,9,19H,8H2,1H3/t9-/m1/s1. The second-order valence-electron chi connectivity index (χ2n) is 4.24. The molecular formula is C14H13F3N2. The Balaban J connectivity index is 2.05. The molecule has 0 fully saturated rings. The highest BCUT2D eigenvalue weighted by Gasteiger charge is 2.11. The SMILES string of the molecule is C[C@@H](NCc1cc(F)c(F)cc1F)c1ccncc1. The van der Waals surface area contributed by atoms with Gasteiger partial charge in [0.15, 0.2) is 11.6 Å². The van der Waals surface area contributed by atoms with E-state index in [1.165, 1.54) is 0 Å². The van der Waals surface area contributed by atoms with Crippen LogP contribution in [0, 0.1) is 17.5 Å². The van der Waals surface area contributed by atoms with Crippen molar-refractivity contribution >= 4 is 0 Å². The van der Waals surface area contributed by atoms with E-state index < -0.39 is 17.5 Å². The van der Waals surface area contributed by atoms with E-state index in [-0.39, 0.29) is 18.2 Å². The lowest BCUT2D eigenvalue weighted by Gasteiger charge is -2.14. The van der Waals surface area contributed by atoms with E-state index in [4.69, 9.17) is 0 Å². The van der Waals surface area contributed by atoms with Crippen molar-refractivity contribution in [3.8, 4) is 0 Å². The first-order chi connectivity index (χ1) is 9.08. The number of rotatable bonds is 4. The van der Waals surface area contributed by atoms with Crippen LogP contribution in [0.3, 0.4) is 0 Å². The molecule has 0 aliphatic rings. The smallest absolute Gasteiger partial charge is 0.161 e. The molecule has 1 aromatic heterocycles. The minimum absolute atomic E-state index is 0.0458. The Morgan fingerprint density at radius 2 is 1.68 bits per heavy atom. The first-order valence-electron chi connectivity index (χ1n) is 5.84. The molecule has 0 amide bonds. The molecule has 1 heterocycles. The van der Waals surface area contributed by atoms with Crippen LogP contribution in [0.2, 0.25) is 0 Å². The zero-order chi connectivity index (χ0) is 13.8. The Labute approximate surface area is 109 Å². The molecule has 100 valence electrons. The van der Waals surface area contributed by atoms with E-state index in [0.717, 1.165) is 11.6 Å². The van der Waals surface area contributed by atoms with Gasteiger partial charge >= 0.3 is 0 Å². The first kappa shape index (κ1) is 13.5.